The highest BCUT2D eigenvalue weighted by Crippen LogP contribution is 2.30. The minimum Gasteiger partial charge on any atom is -0.482 e. The number of ether oxygens (including phenoxy) is 1. The number of carbonyl (C=O) groups excluding carboxylic acids is 2. The molecule has 0 spiro atoms. The first-order valence-electron chi connectivity index (χ1n) is 7.51. The molecule has 2 heterocycles. The number of amides is 2. The lowest BCUT2D eigenvalue weighted by Gasteiger charge is -2.28. The number of anilines is 1. The molecule has 0 fully saturated rings. The summed E-state index contributed by atoms with van der Waals surface area (Å²) in [6.45, 7) is 0.151. The van der Waals surface area contributed by atoms with E-state index < -0.39 is 5.91 Å². The number of fused-ring (bicyclic) bond motifs is 1. The number of hydrogen-bond acceptors (Lipinski definition) is 5. The first kappa shape index (κ1) is 16.8. The first-order valence-corrected chi connectivity index (χ1v) is 7.91. The standard InChI is InChI=1S/C16H16N4O4S/c21-14(18-19-16(25)17-8-11-4-3-7-23-11)9-20-12-5-1-2-6-13(12)24-10-15(20)22/h1-7H,8-10H2,(H,18,21)(H2,17,19,25). The van der Waals surface area contributed by atoms with Crippen molar-refractivity contribution in [2.75, 3.05) is 18.1 Å². The number of hydrogen-bond donors (Lipinski definition) is 3. The van der Waals surface area contributed by atoms with Gasteiger partial charge >= 0.3 is 0 Å². The summed E-state index contributed by atoms with van der Waals surface area (Å²) >= 11 is 5.06. The molecule has 0 atom stereocenters. The number of thiocarbonyl (C=S) groups is 1. The Kier molecular flexibility index (Phi) is 5.14. The maximum absolute atomic E-state index is 12.1. The second-order valence-corrected chi connectivity index (χ2v) is 5.58. The van der Waals surface area contributed by atoms with E-state index in [9.17, 15) is 9.59 Å². The molecule has 0 saturated carbocycles. The molecule has 25 heavy (non-hydrogen) atoms. The maximum Gasteiger partial charge on any atom is 0.265 e. The average Bonchev–Trinajstić information content (AvgIpc) is 3.14. The molecular weight excluding hydrogens is 344 g/mol. The van der Waals surface area contributed by atoms with Crippen LogP contribution in [-0.2, 0) is 16.1 Å². The highest BCUT2D eigenvalue weighted by molar-refractivity contribution is 7.80. The lowest BCUT2D eigenvalue weighted by molar-refractivity contribution is -0.125. The molecule has 2 amide bonds. The molecular formula is C16H16N4O4S. The number of carbonyl (C=O) groups is 2. The Morgan fingerprint density at radius 2 is 2.04 bits per heavy atom. The van der Waals surface area contributed by atoms with Gasteiger partial charge in [0.25, 0.3) is 11.8 Å². The van der Waals surface area contributed by atoms with E-state index in [-0.39, 0.29) is 24.2 Å². The number of benzene rings is 1. The van der Waals surface area contributed by atoms with E-state index in [4.69, 9.17) is 21.4 Å². The average molecular weight is 360 g/mol. The van der Waals surface area contributed by atoms with E-state index in [0.29, 0.717) is 23.7 Å². The molecule has 0 unspecified atom stereocenters. The largest absolute Gasteiger partial charge is 0.482 e. The monoisotopic (exact) mass is 360 g/mol. The lowest BCUT2D eigenvalue weighted by Crippen LogP contribution is -2.51. The molecule has 1 aromatic carbocycles. The number of hydrazine groups is 1. The van der Waals surface area contributed by atoms with Crippen LogP contribution in [0.5, 0.6) is 5.75 Å². The Morgan fingerprint density at radius 1 is 1.20 bits per heavy atom. The molecule has 0 aliphatic carbocycles. The summed E-state index contributed by atoms with van der Waals surface area (Å²) in [4.78, 5) is 25.5. The fraction of sp³-hybridized carbons (Fsp3) is 0.188. The lowest BCUT2D eigenvalue weighted by atomic mass is 10.2. The van der Waals surface area contributed by atoms with Crippen LogP contribution in [0, 0.1) is 0 Å². The van der Waals surface area contributed by atoms with Crippen molar-refractivity contribution in [3.8, 4) is 5.75 Å². The molecule has 1 aliphatic rings. The van der Waals surface area contributed by atoms with Gasteiger partial charge < -0.3 is 14.5 Å². The Hall–Kier alpha value is -3.07. The summed E-state index contributed by atoms with van der Waals surface area (Å²) in [5.41, 5.74) is 5.60. The fourth-order valence-corrected chi connectivity index (χ4v) is 2.38. The van der Waals surface area contributed by atoms with Crippen LogP contribution in [0.1, 0.15) is 5.76 Å². The third-order valence-corrected chi connectivity index (χ3v) is 3.68. The van der Waals surface area contributed by atoms with Gasteiger partial charge in [0.2, 0.25) is 0 Å². The molecule has 3 rings (SSSR count). The molecule has 2 aromatic rings. The molecule has 1 aliphatic heterocycles. The molecule has 3 N–H and O–H groups in total. The van der Waals surface area contributed by atoms with Crippen molar-refractivity contribution in [3.63, 3.8) is 0 Å². The van der Waals surface area contributed by atoms with Crippen molar-refractivity contribution < 1.29 is 18.7 Å². The topological polar surface area (TPSA) is 95.8 Å². The normalized spacial score (nSPS) is 12.8. The van der Waals surface area contributed by atoms with Crippen LogP contribution in [0.4, 0.5) is 5.69 Å². The zero-order chi connectivity index (χ0) is 17.6. The Bertz CT molecular complexity index is 778. The maximum atomic E-state index is 12.1. The SMILES string of the molecule is O=C(CN1C(=O)COc2ccccc21)NNC(=S)NCc1ccco1. The van der Waals surface area contributed by atoms with Crippen LogP contribution in [0.3, 0.4) is 0 Å². The number of nitrogens with zero attached hydrogens (tertiary/aromatic N) is 1. The molecule has 8 nitrogen and oxygen atoms in total. The van der Waals surface area contributed by atoms with Crippen LogP contribution in [-0.4, -0.2) is 30.1 Å². The van der Waals surface area contributed by atoms with Crippen molar-refractivity contribution in [1.82, 2.24) is 16.2 Å². The van der Waals surface area contributed by atoms with Gasteiger partial charge in [-0.05, 0) is 36.5 Å². The quantitative estimate of drug-likeness (QED) is 0.546. The zero-order valence-corrected chi connectivity index (χ0v) is 14.0. The van der Waals surface area contributed by atoms with Crippen LogP contribution in [0.2, 0.25) is 0 Å². The van der Waals surface area contributed by atoms with Gasteiger partial charge in [0, 0.05) is 0 Å². The summed E-state index contributed by atoms with van der Waals surface area (Å²) in [5, 5.41) is 3.11. The number of nitrogens with one attached hydrogen (secondary N) is 3. The van der Waals surface area contributed by atoms with Crippen molar-refractivity contribution in [1.29, 1.82) is 0 Å². The predicted molar refractivity (Wildman–Crippen MR) is 93.7 cm³/mol. The first-order chi connectivity index (χ1) is 12.1. The van der Waals surface area contributed by atoms with E-state index in [1.165, 1.54) is 4.90 Å². The minimum atomic E-state index is -0.410. The molecule has 0 radical (unpaired) electrons. The second-order valence-electron chi connectivity index (χ2n) is 5.17. The zero-order valence-electron chi connectivity index (χ0n) is 13.2. The van der Waals surface area contributed by atoms with Gasteiger partial charge in [0.1, 0.15) is 18.1 Å². The third kappa shape index (κ3) is 4.27. The molecule has 1 aromatic heterocycles. The summed E-state index contributed by atoms with van der Waals surface area (Å²) < 4.78 is 10.5. The van der Waals surface area contributed by atoms with E-state index in [1.54, 1.807) is 42.7 Å². The van der Waals surface area contributed by atoms with Crippen LogP contribution >= 0.6 is 12.2 Å². The fourth-order valence-electron chi connectivity index (χ4n) is 2.26. The predicted octanol–water partition coefficient (Wildman–Crippen LogP) is 0.700. The molecule has 9 heteroatoms. The van der Waals surface area contributed by atoms with E-state index in [2.05, 4.69) is 16.2 Å². The summed E-state index contributed by atoms with van der Waals surface area (Å²) in [7, 11) is 0. The van der Waals surface area contributed by atoms with Crippen LogP contribution in [0.25, 0.3) is 0 Å². The van der Waals surface area contributed by atoms with Gasteiger partial charge in [-0.2, -0.15) is 0 Å². The second kappa shape index (κ2) is 7.67. The number of para-hydroxylation sites is 2. The number of rotatable bonds is 4. The van der Waals surface area contributed by atoms with Gasteiger partial charge in [-0.25, -0.2) is 0 Å². The minimum absolute atomic E-state index is 0.0964. The van der Waals surface area contributed by atoms with Crippen molar-refractivity contribution in [2.24, 2.45) is 0 Å². The van der Waals surface area contributed by atoms with Gasteiger partial charge in [-0.3, -0.25) is 25.3 Å². The Labute approximate surface area is 149 Å². The van der Waals surface area contributed by atoms with Crippen molar-refractivity contribution >= 4 is 34.8 Å². The highest BCUT2D eigenvalue weighted by Gasteiger charge is 2.26. The smallest absolute Gasteiger partial charge is 0.265 e. The number of furan rings is 1. The summed E-state index contributed by atoms with van der Waals surface area (Å²) in [5.74, 6) is 0.587. The van der Waals surface area contributed by atoms with Crippen LogP contribution < -0.4 is 25.8 Å². The molecule has 0 bridgehead atoms. The highest BCUT2D eigenvalue weighted by atomic mass is 32.1. The van der Waals surface area contributed by atoms with Crippen LogP contribution in [0.15, 0.2) is 47.1 Å². The van der Waals surface area contributed by atoms with Gasteiger partial charge in [0.05, 0.1) is 18.5 Å². The van der Waals surface area contributed by atoms with Gasteiger partial charge in [-0.15, -0.1) is 0 Å². The summed E-state index contributed by atoms with van der Waals surface area (Å²) in [6, 6.07) is 10.6. The van der Waals surface area contributed by atoms with E-state index >= 15 is 0 Å². The Morgan fingerprint density at radius 3 is 2.84 bits per heavy atom. The Balaban J connectivity index is 1.49. The molecule has 130 valence electrons. The van der Waals surface area contributed by atoms with E-state index in [1.807, 2.05) is 0 Å². The third-order valence-electron chi connectivity index (χ3n) is 3.43. The van der Waals surface area contributed by atoms with Gasteiger partial charge in [-0.1, -0.05) is 12.1 Å². The molecule has 0 saturated heterocycles. The summed E-state index contributed by atoms with van der Waals surface area (Å²) in [6.07, 6.45) is 1.56. The van der Waals surface area contributed by atoms with Crippen molar-refractivity contribution in [2.45, 2.75) is 6.54 Å². The van der Waals surface area contributed by atoms with E-state index in [0.717, 1.165) is 0 Å². The van der Waals surface area contributed by atoms with Crippen molar-refractivity contribution in [3.05, 3.63) is 48.4 Å². The van der Waals surface area contributed by atoms with Gasteiger partial charge in [0.15, 0.2) is 11.7 Å².